The quantitative estimate of drug-likeness (QED) is 0.385. The van der Waals surface area contributed by atoms with Crippen LogP contribution in [0.2, 0.25) is 0 Å². The molecule has 0 radical (unpaired) electrons. The molecule has 1 heterocycles. The van der Waals surface area contributed by atoms with E-state index in [-0.39, 0.29) is 36.7 Å². The van der Waals surface area contributed by atoms with Crippen molar-refractivity contribution in [2.24, 2.45) is 5.92 Å². The SMILES string of the molecule is CC=C(C)[C@H](O)[C@@H](C)C=C[C@H](O)C[C@H](O)C[C@H](O)Cc1cc(O)cc(=O)o1. The Morgan fingerprint density at radius 3 is 2.37 bits per heavy atom. The summed E-state index contributed by atoms with van der Waals surface area (Å²) in [7, 11) is 0. The van der Waals surface area contributed by atoms with Crippen LogP contribution < -0.4 is 5.63 Å². The summed E-state index contributed by atoms with van der Waals surface area (Å²) < 4.78 is 4.86. The maximum atomic E-state index is 11.2. The van der Waals surface area contributed by atoms with Gasteiger partial charge in [-0.05, 0) is 25.8 Å². The van der Waals surface area contributed by atoms with Gasteiger partial charge in [0.2, 0.25) is 0 Å². The summed E-state index contributed by atoms with van der Waals surface area (Å²) in [5, 5.41) is 49.4. The lowest BCUT2D eigenvalue weighted by Gasteiger charge is -2.18. The molecular weight excluding hydrogens is 352 g/mol. The standard InChI is InChI=1S/C20H30O7/c1-4-12(2)20(26)13(3)5-6-14(21)7-15(22)8-16(23)9-18-10-17(24)11-19(25)27-18/h4-6,10-11,13-16,20-24,26H,7-9H2,1-3H3/t13-,14-,15-,16-,20-/m0/s1. The number of hydrogen-bond donors (Lipinski definition) is 5. The number of rotatable bonds is 10. The van der Waals surface area contributed by atoms with Gasteiger partial charge in [0.25, 0.3) is 0 Å². The molecule has 0 fully saturated rings. The average molecular weight is 382 g/mol. The first kappa shape index (κ1) is 23.1. The number of aliphatic hydroxyl groups is 4. The van der Waals surface area contributed by atoms with Gasteiger partial charge < -0.3 is 29.9 Å². The highest BCUT2D eigenvalue weighted by Gasteiger charge is 2.18. The summed E-state index contributed by atoms with van der Waals surface area (Å²) in [6.07, 6.45) is 1.44. The van der Waals surface area contributed by atoms with Crippen LogP contribution in [0.1, 0.15) is 39.4 Å². The third-order valence-electron chi connectivity index (χ3n) is 4.36. The van der Waals surface area contributed by atoms with Crippen LogP contribution in [0.15, 0.2) is 45.1 Å². The van der Waals surface area contributed by atoms with Crippen molar-refractivity contribution in [3.05, 3.63) is 52.1 Å². The molecule has 0 saturated heterocycles. The van der Waals surface area contributed by atoms with Gasteiger partial charge in [-0.15, -0.1) is 0 Å². The predicted octanol–water partition coefficient (Wildman–Crippen LogP) is 1.27. The summed E-state index contributed by atoms with van der Waals surface area (Å²) >= 11 is 0. The number of hydrogen-bond acceptors (Lipinski definition) is 7. The molecule has 0 aromatic carbocycles. The fourth-order valence-corrected chi connectivity index (χ4v) is 2.69. The molecule has 5 N–H and O–H groups in total. The van der Waals surface area contributed by atoms with Crippen LogP contribution in [0.4, 0.5) is 0 Å². The molecule has 0 spiro atoms. The van der Waals surface area contributed by atoms with Gasteiger partial charge in [-0.3, -0.25) is 0 Å². The van der Waals surface area contributed by atoms with Crippen LogP contribution in [-0.2, 0) is 6.42 Å². The Hall–Kier alpha value is -1.93. The number of aromatic hydroxyl groups is 1. The van der Waals surface area contributed by atoms with Crippen molar-refractivity contribution in [1.29, 1.82) is 0 Å². The molecule has 0 aliphatic carbocycles. The normalized spacial score (nSPS) is 18.3. The molecule has 0 aliphatic heterocycles. The summed E-state index contributed by atoms with van der Waals surface area (Å²) in [6.45, 7) is 5.49. The van der Waals surface area contributed by atoms with Crippen LogP contribution in [0.25, 0.3) is 0 Å². The van der Waals surface area contributed by atoms with Gasteiger partial charge in [0.05, 0.1) is 30.5 Å². The molecule has 27 heavy (non-hydrogen) atoms. The van der Waals surface area contributed by atoms with E-state index in [9.17, 15) is 30.3 Å². The summed E-state index contributed by atoms with van der Waals surface area (Å²) in [4.78, 5) is 11.2. The third-order valence-corrected chi connectivity index (χ3v) is 4.36. The Balaban J connectivity index is 2.49. The summed E-state index contributed by atoms with van der Waals surface area (Å²) in [5.74, 6) is -0.325. The van der Waals surface area contributed by atoms with Gasteiger partial charge >= 0.3 is 5.63 Å². The highest BCUT2D eigenvalue weighted by molar-refractivity contribution is 5.18. The van der Waals surface area contributed by atoms with Crippen molar-refractivity contribution >= 4 is 0 Å². The largest absolute Gasteiger partial charge is 0.508 e. The van der Waals surface area contributed by atoms with E-state index in [0.717, 1.165) is 11.6 Å². The van der Waals surface area contributed by atoms with Gasteiger partial charge in [-0.25, -0.2) is 4.79 Å². The first-order valence-corrected chi connectivity index (χ1v) is 8.98. The summed E-state index contributed by atoms with van der Waals surface area (Å²) in [5.41, 5.74) is 0.117. The lowest BCUT2D eigenvalue weighted by Crippen LogP contribution is -2.24. The van der Waals surface area contributed by atoms with E-state index < -0.39 is 30.0 Å². The molecule has 7 heteroatoms. The van der Waals surface area contributed by atoms with Crippen LogP contribution in [0.3, 0.4) is 0 Å². The van der Waals surface area contributed by atoms with Crippen molar-refractivity contribution in [2.45, 2.75) is 64.4 Å². The number of aliphatic hydroxyl groups excluding tert-OH is 4. The monoisotopic (exact) mass is 382 g/mol. The molecule has 0 amide bonds. The van der Waals surface area contributed by atoms with E-state index in [0.29, 0.717) is 0 Å². The molecule has 0 unspecified atom stereocenters. The Morgan fingerprint density at radius 2 is 1.78 bits per heavy atom. The van der Waals surface area contributed by atoms with Gasteiger partial charge in [0.15, 0.2) is 0 Å². The molecule has 152 valence electrons. The van der Waals surface area contributed by atoms with Crippen LogP contribution in [0, 0.1) is 5.92 Å². The minimum atomic E-state index is -1.00. The van der Waals surface area contributed by atoms with E-state index in [1.54, 1.807) is 6.08 Å². The molecular formula is C20H30O7. The topological polar surface area (TPSA) is 131 Å². The minimum absolute atomic E-state index is 0.0168. The maximum Gasteiger partial charge on any atom is 0.339 e. The smallest absolute Gasteiger partial charge is 0.339 e. The zero-order valence-corrected chi connectivity index (χ0v) is 15.9. The Morgan fingerprint density at radius 1 is 1.11 bits per heavy atom. The van der Waals surface area contributed by atoms with Crippen molar-refractivity contribution in [1.82, 2.24) is 0 Å². The van der Waals surface area contributed by atoms with Gasteiger partial charge in [0, 0.05) is 24.8 Å². The molecule has 0 aliphatic rings. The highest BCUT2D eigenvalue weighted by Crippen LogP contribution is 2.16. The zero-order chi connectivity index (χ0) is 20.6. The molecule has 1 rings (SSSR count). The molecule has 1 aromatic rings. The van der Waals surface area contributed by atoms with Crippen LogP contribution in [-0.4, -0.2) is 49.9 Å². The van der Waals surface area contributed by atoms with Crippen molar-refractivity contribution in [2.75, 3.05) is 0 Å². The van der Waals surface area contributed by atoms with Crippen molar-refractivity contribution in [3.8, 4) is 5.75 Å². The Labute approximate surface area is 158 Å². The minimum Gasteiger partial charge on any atom is -0.508 e. The van der Waals surface area contributed by atoms with E-state index >= 15 is 0 Å². The van der Waals surface area contributed by atoms with Gasteiger partial charge in [-0.1, -0.05) is 25.2 Å². The summed E-state index contributed by atoms with van der Waals surface area (Å²) in [6, 6.07) is 2.15. The maximum absolute atomic E-state index is 11.2. The molecule has 5 atom stereocenters. The predicted molar refractivity (Wildman–Crippen MR) is 101 cm³/mol. The molecule has 7 nitrogen and oxygen atoms in total. The van der Waals surface area contributed by atoms with Crippen molar-refractivity contribution < 1.29 is 29.9 Å². The lowest BCUT2D eigenvalue weighted by molar-refractivity contribution is 0.0495. The average Bonchev–Trinajstić information content (AvgIpc) is 2.56. The third kappa shape index (κ3) is 8.53. The first-order valence-electron chi connectivity index (χ1n) is 8.98. The highest BCUT2D eigenvalue weighted by atomic mass is 16.4. The van der Waals surface area contributed by atoms with E-state index in [2.05, 4.69) is 0 Å². The Kier molecular flexibility index (Phi) is 9.45. The molecule has 0 bridgehead atoms. The zero-order valence-electron chi connectivity index (χ0n) is 15.9. The first-order chi connectivity index (χ1) is 12.6. The fraction of sp³-hybridized carbons (Fsp3) is 0.550. The number of allylic oxidation sites excluding steroid dienone is 1. The lowest BCUT2D eigenvalue weighted by atomic mass is 9.96. The molecule has 1 aromatic heterocycles. The second kappa shape index (κ2) is 11.0. The van der Waals surface area contributed by atoms with E-state index in [1.165, 1.54) is 12.1 Å². The molecule has 0 saturated carbocycles. The fourth-order valence-electron chi connectivity index (χ4n) is 2.69. The van der Waals surface area contributed by atoms with Gasteiger partial charge in [0.1, 0.15) is 11.5 Å². The van der Waals surface area contributed by atoms with E-state index in [4.69, 9.17) is 4.42 Å². The van der Waals surface area contributed by atoms with Crippen molar-refractivity contribution in [3.63, 3.8) is 0 Å². The van der Waals surface area contributed by atoms with Gasteiger partial charge in [-0.2, -0.15) is 0 Å². The van der Waals surface area contributed by atoms with E-state index in [1.807, 2.05) is 26.8 Å². The van der Waals surface area contributed by atoms with Crippen LogP contribution >= 0.6 is 0 Å². The Bertz CT molecular complexity index is 692. The van der Waals surface area contributed by atoms with Crippen LogP contribution in [0.5, 0.6) is 5.75 Å². The second-order valence-electron chi connectivity index (χ2n) is 6.87. The second-order valence-corrected chi connectivity index (χ2v) is 6.87.